The molecular weight excluding hydrogens is 335 g/mol. The van der Waals surface area contributed by atoms with E-state index in [4.69, 9.17) is 23.2 Å². The number of rotatable bonds is 4. The molecule has 0 fully saturated rings. The standard InChI is InChI=1S/C17H14Cl2N2S/c1-21-16(12-5-3-2-4-6-12)10-20-17(21)22-11-13-7-8-14(18)9-15(13)19/h2-10H,11H2,1H3. The molecular formula is C17H14Cl2N2S. The van der Waals surface area contributed by atoms with Crippen LogP contribution in [0.4, 0.5) is 0 Å². The predicted molar refractivity (Wildman–Crippen MR) is 94.7 cm³/mol. The lowest BCUT2D eigenvalue weighted by atomic mass is 10.2. The van der Waals surface area contributed by atoms with E-state index in [1.54, 1.807) is 17.8 Å². The van der Waals surface area contributed by atoms with Crippen LogP contribution in [0.3, 0.4) is 0 Å². The maximum absolute atomic E-state index is 6.21. The molecule has 0 atom stereocenters. The molecule has 3 rings (SSSR count). The first-order valence-electron chi connectivity index (χ1n) is 6.79. The van der Waals surface area contributed by atoms with Gasteiger partial charge in [-0.25, -0.2) is 4.98 Å². The zero-order valence-electron chi connectivity index (χ0n) is 12.0. The molecule has 0 saturated heterocycles. The second-order valence-corrected chi connectivity index (χ2v) is 6.66. The third-order valence-electron chi connectivity index (χ3n) is 3.39. The highest BCUT2D eigenvalue weighted by molar-refractivity contribution is 7.98. The van der Waals surface area contributed by atoms with Crippen LogP contribution in [0, 0.1) is 0 Å². The highest BCUT2D eigenvalue weighted by Crippen LogP contribution is 2.30. The molecule has 1 heterocycles. The number of thioether (sulfide) groups is 1. The van der Waals surface area contributed by atoms with Crippen molar-refractivity contribution in [3.05, 3.63) is 70.3 Å². The van der Waals surface area contributed by atoms with Crippen LogP contribution < -0.4 is 0 Å². The Kier molecular flexibility index (Phi) is 4.77. The zero-order valence-corrected chi connectivity index (χ0v) is 14.3. The van der Waals surface area contributed by atoms with E-state index in [2.05, 4.69) is 21.7 Å². The van der Waals surface area contributed by atoms with E-state index < -0.39 is 0 Å². The van der Waals surface area contributed by atoms with E-state index in [0.29, 0.717) is 10.0 Å². The van der Waals surface area contributed by atoms with Gasteiger partial charge in [0.25, 0.3) is 0 Å². The van der Waals surface area contributed by atoms with Crippen LogP contribution in [0.2, 0.25) is 10.0 Å². The van der Waals surface area contributed by atoms with Crippen molar-refractivity contribution in [2.75, 3.05) is 0 Å². The van der Waals surface area contributed by atoms with Crippen LogP contribution in [-0.4, -0.2) is 9.55 Å². The van der Waals surface area contributed by atoms with Crippen molar-refractivity contribution < 1.29 is 0 Å². The summed E-state index contributed by atoms with van der Waals surface area (Å²) in [4.78, 5) is 4.51. The highest BCUT2D eigenvalue weighted by atomic mass is 35.5. The van der Waals surface area contributed by atoms with Gasteiger partial charge >= 0.3 is 0 Å². The normalized spacial score (nSPS) is 10.9. The van der Waals surface area contributed by atoms with Gasteiger partial charge in [0, 0.05) is 22.8 Å². The lowest BCUT2D eigenvalue weighted by molar-refractivity contribution is 0.796. The summed E-state index contributed by atoms with van der Waals surface area (Å²) in [7, 11) is 2.03. The van der Waals surface area contributed by atoms with E-state index >= 15 is 0 Å². The molecule has 2 aromatic carbocycles. The maximum atomic E-state index is 6.21. The zero-order chi connectivity index (χ0) is 15.5. The summed E-state index contributed by atoms with van der Waals surface area (Å²) in [6, 6.07) is 15.8. The quantitative estimate of drug-likeness (QED) is 0.564. The van der Waals surface area contributed by atoms with Crippen LogP contribution in [0.25, 0.3) is 11.3 Å². The van der Waals surface area contributed by atoms with E-state index in [9.17, 15) is 0 Å². The van der Waals surface area contributed by atoms with Gasteiger partial charge in [0.15, 0.2) is 5.16 Å². The molecule has 2 nitrogen and oxygen atoms in total. The fourth-order valence-corrected chi connectivity index (χ4v) is 3.69. The van der Waals surface area contributed by atoms with E-state index in [1.807, 2.05) is 43.6 Å². The lowest BCUT2D eigenvalue weighted by Gasteiger charge is -2.07. The van der Waals surface area contributed by atoms with E-state index in [-0.39, 0.29) is 0 Å². The van der Waals surface area contributed by atoms with Gasteiger partial charge in [0.1, 0.15) is 0 Å². The molecule has 0 aliphatic carbocycles. The predicted octanol–water partition coefficient (Wildman–Crippen LogP) is 5.69. The van der Waals surface area contributed by atoms with Crippen molar-refractivity contribution in [3.8, 4) is 11.3 Å². The number of hydrogen-bond donors (Lipinski definition) is 0. The third kappa shape index (κ3) is 3.32. The number of aromatic nitrogens is 2. The van der Waals surface area contributed by atoms with Crippen molar-refractivity contribution in [3.63, 3.8) is 0 Å². The van der Waals surface area contributed by atoms with E-state index in [0.717, 1.165) is 27.7 Å². The molecule has 0 aliphatic rings. The molecule has 22 heavy (non-hydrogen) atoms. The van der Waals surface area contributed by atoms with Crippen LogP contribution in [-0.2, 0) is 12.8 Å². The fraction of sp³-hybridized carbons (Fsp3) is 0.118. The number of hydrogen-bond acceptors (Lipinski definition) is 2. The lowest BCUT2D eigenvalue weighted by Crippen LogP contribution is -1.94. The molecule has 0 amide bonds. The number of imidazole rings is 1. The summed E-state index contributed by atoms with van der Waals surface area (Å²) in [6.45, 7) is 0. The first-order valence-corrected chi connectivity index (χ1v) is 8.53. The molecule has 0 bridgehead atoms. The SMILES string of the molecule is Cn1c(-c2ccccc2)cnc1SCc1ccc(Cl)cc1Cl. The summed E-state index contributed by atoms with van der Waals surface area (Å²) in [6.07, 6.45) is 1.90. The fourth-order valence-electron chi connectivity index (χ4n) is 2.18. The number of nitrogens with zero attached hydrogens (tertiary/aromatic N) is 2. The van der Waals surface area contributed by atoms with Gasteiger partial charge in [-0.3, -0.25) is 0 Å². The summed E-state index contributed by atoms with van der Waals surface area (Å²) in [5, 5.41) is 2.31. The monoisotopic (exact) mass is 348 g/mol. The molecule has 0 N–H and O–H groups in total. The number of halogens is 2. The summed E-state index contributed by atoms with van der Waals surface area (Å²) in [5.74, 6) is 0.759. The van der Waals surface area contributed by atoms with Gasteiger partial charge in [-0.1, -0.05) is 71.4 Å². The molecule has 1 aromatic heterocycles. The topological polar surface area (TPSA) is 17.8 Å². The minimum atomic E-state index is 0.655. The Bertz CT molecular complexity index is 785. The Morgan fingerprint density at radius 1 is 1.09 bits per heavy atom. The Labute approximate surface area is 144 Å². The second-order valence-electron chi connectivity index (χ2n) is 4.88. The average Bonchev–Trinajstić information content (AvgIpc) is 2.88. The summed E-state index contributed by atoms with van der Waals surface area (Å²) < 4.78 is 2.10. The Hall–Kier alpha value is -1.42. The molecule has 112 valence electrons. The van der Waals surface area contributed by atoms with Gasteiger partial charge in [0.05, 0.1) is 11.9 Å². The number of benzene rings is 2. The van der Waals surface area contributed by atoms with Gasteiger partial charge in [0.2, 0.25) is 0 Å². The third-order valence-corrected chi connectivity index (χ3v) is 5.07. The molecule has 0 radical (unpaired) electrons. The van der Waals surface area contributed by atoms with Gasteiger partial charge in [-0.05, 0) is 23.3 Å². The Morgan fingerprint density at radius 3 is 2.59 bits per heavy atom. The minimum Gasteiger partial charge on any atom is -0.322 e. The van der Waals surface area contributed by atoms with Crippen molar-refractivity contribution in [1.29, 1.82) is 0 Å². The molecule has 5 heteroatoms. The molecule has 0 aliphatic heterocycles. The first-order chi connectivity index (χ1) is 10.6. The summed E-state index contributed by atoms with van der Waals surface area (Å²) >= 11 is 13.8. The molecule has 3 aromatic rings. The Balaban J connectivity index is 1.78. The Morgan fingerprint density at radius 2 is 1.86 bits per heavy atom. The van der Waals surface area contributed by atoms with Crippen molar-refractivity contribution in [2.24, 2.45) is 7.05 Å². The van der Waals surface area contributed by atoms with Gasteiger partial charge < -0.3 is 4.57 Å². The smallest absolute Gasteiger partial charge is 0.168 e. The summed E-state index contributed by atoms with van der Waals surface area (Å²) in [5.41, 5.74) is 3.32. The molecule has 0 unspecified atom stereocenters. The molecule has 0 saturated carbocycles. The first kappa shape index (κ1) is 15.5. The second kappa shape index (κ2) is 6.78. The maximum Gasteiger partial charge on any atom is 0.168 e. The van der Waals surface area contributed by atoms with Gasteiger partial charge in [-0.2, -0.15) is 0 Å². The largest absolute Gasteiger partial charge is 0.322 e. The average molecular weight is 349 g/mol. The molecule has 0 spiro atoms. The van der Waals surface area contributed by atoms with Crippen LogP contribution in [0.5, 0.6) is 0 Å². The van der Waals surface area contributed by atoms with Gasteiger partial charge in [-0.15, -0.1) is 0 Å². The van der Waals surface area contributed by atoms with Crippen LogP contribution in [0.1, 0.15) is 5.56 Å². The van der Waals surface area contributed by atoms with Crippen molar-refractivity contribution in [1.82, 2.24) is 9.55 Å². The van der Waals surface area contributed by atoms with E-state index in [1.165, 1.54) is 0 Å². The highest BCUT2D eigenvalue weighted by Gasteiger charge is 2.10. The minimum absolute atomic E-state index is 0.655. The van der Waals surface area contributed by atoms with Crippen LogP contribution in [0.15, 0.2) is 59.9 Å². The van der Waals surface area contributed by atoms with Crippen molar-refractivity contribution >= 4 is 35.0 Å². The van der Waals surface area contributed by atoms with Crippen molar-refractivity contribution in [2.45, 2.75) is 10.9 Å². The van der Waals surface area contributed by atoms with Crippen LogP contribution >= 0.6 is 35.0 Å².